The Morgan fingerprint density at radius 1 is 0.553 bits per heavy atom. The molecule has 0 unspecified atom stereocenters. The summed E-state index contributed by atoms with van der Waals surface area (Å²) in [6, 6.07) is 10.6. The average molecular weight is 529 g/mol. The predicted molar refractivity (Wildman–Crippen MR) is 144 cm³/mol. The topological polar surface area (TPSA) is 89.5 Å². The SMILES string of the molecule is CCCCC(=O)c1ccc2c(c1)OCCOCCOc1cc(C(=O)CCCC)ccc1OCCOCCO2. The first-order valence-electron chi connectivity index (χ1n) is 13.6. The molecular weight excluding hydrogens is 488 g/mol. The van der Waals surface area contributed by atoms with Crippen molar-refractivity contribution >= 4 is 11.6 Å². The van der Waals surface area contributed by atoms with Crippen LogP contribution in [0, 0.1) is 0 Å². The fraction of sp³-hybridized carbons (Fsp3) is 0.533. The van der Waals surface area contributed by atoms with E-state index in [1.54, 1.807) is 36.4 Å². The molecule has 0 atom stereocenters. The molecule has 0 amide bonds. The molecule has 0 aromatic heterocycles. The van der Waals surface area contributed by atoms with Gasteiger partial charge in [-0.3, -0.25) is 9.59 Å². The van der Waals surface area contributed by atoms with Gasteiger partial charge in [-0.15, -0.1) is 0 Å². The summed E-state index contributed by atoms with van der Waals surface area (Å²) in [5.74, 6) is 2.30. The molecule has 1 aliphatic heterocycles. The maximum absolute atomic E-state index is 12.5. The van der Waals surface area contributed by atoms with Crippen LogP contribution in [-0.4, -0.2) is 64.4 Å². The van der Waals surface area contributed by atoms with Crippen LogP contribution in [0.5, 0.6) is 23.0 Å². The lowest BCUT2D eigenvalue weighted by molar-refractivity contribution is 0.0639. The third-order valence-corrected chi connectivity index (χ3v) is 5.99. The van der Waals surface area contributed by atoms with Crippen LogP contribution in [0.25, 0.3) is 0 Å². The fourth-order valence-corrected chi connectivity index (χ4v) is 3.84. The van der Waals surface area contributed by atoms with Crippen molar-refractivity contribution in [1.29, 1.82) is 0 Å². The molecule has 2 aromatic rings. The van der Waals surface area contributed by atoms with E-state index in [1.165, 1.54) is 0 Å². The standard InChI is InChI=1S/C30H40O8/c1-3-5-7-25(31)23-9-11-27-29(21-23)37-19-15-34-16-20-38-30-22-24(26(32)8-6-4-2)10-12-28(30)36-18-14-33-13-17-35-27/h9-12,21-22H,3-8,13-20H2,1-2H3. The zero-order chi connectivity index (χ0) is 27.0. The number of carbonyl (C=O) groups excluding carboxylic acids is 2. The van der Waals surface area contributed by atoms with E-state index in [1.807, 2.05) is 0 Å². The molecule has 0 aliphatic carbocycles. The third-order valence-electron chi connectivity index (χ3n) is 5.99. The molecule has 0 N–H and O–H groups in total. The number of unbranched alkanes of at least 4 members (excludes halogenated alkanes) is 2. The van der Waals surface area contributed by atoms with Gasteiger partial charge in [0.25, 0.3) is 0 Å². The largest absolute Gasteiger partial charge is 0.487 e. The van der Waals surface area contributed by atoms with Crippen LogP contribution in [0.3, 0.4) is 0 Å². The lowest BCUT2D eigenvalue weighted by Gasteiger charge is -2.16. The van der Waals surface area contributed by atoms with Crippen molar-refractivity contribution < 1.29 is 38.0 Å². The molecule has 2 aromatic carbocycles. The molecule has 1 aliphatic rings. The van der Waals surface area contributed by atoms with Gasteiger partial charge in [0.15, 0.2) is 34.6 Å². The Morgan fingerprint density at radius 3 is 1.29 bits per heavy atom. The van der Waals surface area contributed by atoms with Gasteiger partial charge in [0.1, 0.15) is 26.4 Å². The van der Waals surface area contributed by atoms with E-state index in [0.29, 0.717) is 86.6 Å². The van der Waals surface area contributed by atoms with Crippen LogP contribution >= 0.6 is 0 Å². The van der Waals surface area contributed by atoms with Gasteiger partial charge in [-0.05, 0) is 49.2 Å². The molecule has 208 valence electrons. The maximum Gasteiger partial charge on any atom is 0.163 e. The second kappa shape index (κ2) is 16.7. The Labute approximate surface area is 225 Å². The number of ether oxygens (including phenoxy) is 6. The highest BCUT2D eigenvalue weighted by Crippen LogP contribution is 2.30. The Balaban J connectivity index is 1.63. The number of hydrogen-bond acceptors (Lipinski definition) is 8. The number of benzene rings is 2. The Kier molecular flexibility index (Phi) is 12.9. The highest BCUT2D eigenvalue weighted by molar-refractivity contribution is 5.97. The summed E-state index contributed by atoms with van der Waals surface area (Å²) < 4.78 is 34.9. The molecule has 0 saturated carbocycles. The summed E-state index contributed by atoms with van der Waals surface area (Å²) in [7, 11) is 0. The van der Waals surface area contributed by atoms with Gasteiger partial charge in [0.2, 0.25) is 0 Å². The van der Waals surface area contributed by atoms with E-state index in [9.17, 15) is 9.59 Å². The summed E-state index contributed by atoms with van der Waals surface area (Å²) in [4.78, 5) is 25.0. The number of fused-ring (bicyclic) bond motifs is 2. The second-order valence-electron chi connectivity index (χ2n) is 9.00. The first-order chi connectivity index (χ1) is 18.6. The minimum Gasteiger partial charge on any atom is -0.487 e. The number of carbonyl (C=O) groups is 2. The number of ketones is 2. The highest BCUT2D eigenvalue weighted by Gasteiger charge is 2.14. The van der Waals surface area contributed by atoms with Gasteiger partial charge in [-0.25, -0.2) is 0 Å². The quantitative estimate of drug-likeness (QED) is 0.404. The number of hydrogen-bond donors (Lipinski definition) is 0. The zero-order valence-corrected chi connectivity index (χ0v) is 22.6. The lowest BCUT2D eigenvalue weighted by Crippen LogP contribution is -2.16. The smallest absolute Gasteiger partial charge is 0.163 e. The monoisotopic (exact) mass is 528 g/mol. The predicted octanol–water partition coefficient (Wildman–Crippen LogP) is 5.69. The van der Waals surface area contributed by atoms with E-state index in [0.717, 1.165) is 25.7 Å². The van der Waals surface area contributed by atoms with Crippen molar-refractivity contribution in [3.05, 3.63) is 47.5 Å². The van der Waals surface area contributed by atoms with Crippen molar-refractivity contribution in [1.82, 2.24) is 0 Å². The van der Waals surface area contributed by atoms with Gasteiger partial charge in [-0.2, -0.15) is 0 Å². The number of rotatable bonds is 8. The van der Waals surface area contributed by atoms with Crippen LogP contribution in [-0.2, 0) is 9.47 Å². The molecule has 0 bridgehead atoms. The van der Waals surface area contributed by atoms with E-state index in [4.69, 9.17) is 28.4 Å². The van der Waals surface area contributed by atoms with Gasteiger partial charge < -0.3 is 28.4 Å². The summed E-state index contributed by atoms with van der Waals surface area (Å²) in [6.45, 7) is 6.72. The van der Waals surface area contributed by atoms with Gasteiger partial charge >= 0.3 is 0 Å². The van der Waals surface area contributed by atoms with Crippen LogP contribution in [0.15, 0.2) is 36.4 Å². The molecule has 0 fully saturated rings. The zero-order valence-electron chi connectivity index (χ0n) is 22.6. The van der Waals surface area contributed by atoms with Gasteiger partial charge in [-0.1, -0.05) is 26.7 Å². The molecule has 3 rings (SSSR count). The summed E-state index contributed by atoms with van der Waals surface area (Å²) >= 11 is 0. The van der Waals surface area contributed by atoms with Gasteiger partial charge in [0, 0.05) is 24.0 Å². The molecule has 0 spiro atoms. The van der Waals surface area contributed by atoms with E-state index in [-0.39, 0.29) is 24.8 Å². The second-order valence-corrected chi connectivity index (χ2v) is 9.00. The minimum atomic E-state index is 0.0879. The van der Waals surface area contributed by atoms with Crippen molar-refractivity contribution in [2.45, 2.75) is 52.4 Å². The normalized spacial score (nSPS) is 15.2. The summed E-state index contributed by atoms with van der Waals surface area (Å²) in [6.07, 6.45) is 4.65. The fourth-order valence-electron chi connectivity index (χ4n) is 3.84. The Bertz CT molecular complexity index is 940. The van der Waals surface area contributed by atoms with Crippen LogP contribution < -0.4 is 18.9 Å². The molecule has 0 saturated heterocycles. The van der Waals surface area contributed by atoms with Crippen molar-refractivity contribution in [2.24, 2.45) is 0 Å². The van der Waals surface area contributed by atoms with Crippen LogP contribution in [0.4, 0.5) is 0 Å². The molecule has 38 heavy (non-hydrogen) atoms. The number of Topliss-reactive ketones (excluding diaryl/α,β-unsaturated/α-hetero) is 2. The first kappa shape index (κ1) is 29.5. The van der Waals surface area contributed by atoms with E-state index < -0.39 is 0 Å². The lowest BCUT2D eigenvalue weighted by atomic mass is 10.1. The third kappa shape index (κ3) is 9.65. The molecule has 1 heterocycles. The molecule has 8 heteroatoms. The minimum absolute atomic E-state index is 0.0879. The van der Waals surface area contributed by atoms with Crippen LogP contribution in [0.1, 0.15) is 73.1 Å². The molecule has 8 nitrogen and oxygen atoms in total. The first-order valence-corrected chi connectivity index (χ1v) is 13.6. The van der Waals surface area contributed by atoms with Crippen molar-refractivity contribution in [2.75, 3.05) is 52.9 Å². The Morgan fingerprint density at radius 2 is 0.921 bits per heavy atom. The maximum atomic E-state index is 12.5. The van der Waals surface area contributed by atoms with Crippen molar-refractivity contribution in [3.63, 3.8) is 0 Å². The Hall–Kier alpha value is -3.10. The van der Waals surface area contributed by atoms with Gasteiger partial charge in [0.05, 0.1) is 26.4 Å². The highest BCUT2D eigenvalue weighted by atomic mass is 16.6. The van der Waals surface area contributed by atoms with E-state index >= 15 is 0 Å². The van der Waals surface area contributed by atoms with E-state index in [2.05, 4.69) is 13.8 Å². The molecule has 0 radical (unpaired) electrons. The average Bonchev–Trinajstić information content (AvgIpc) is 2.93. The van der Waals surface area contributed by atoms with Crippen LogP contribution in [0.2, 0.25) is 0 Å². The summed E-state index contributed by atoms with van der Waals surface area (Å²) in [5.41, 5.74) is 1.22. The summed E-state index contributed by atoms with van der Waals surface area (Å²) in [5, 5.41) is 0. The molecular formula is C30H40O8. The van der Waals surface area contributed by atoms with Crippen molar-refractivity contribution in [3.8, 4) is 23.0 Å².